The van der Waals surface area contributed by atoms with Crippen molar-refractivity contribution >= 4 is 23.4 Å². The standard InChI is InChI=1S/C17H23N3OS/c1-5-12(2)14-8-6-7-9-15(14)19-16(21)13(3)22-17-18-10-11-20(17)4/h6-13H,5H2,1-4H3,(H,19,21)/t12-,13-/m0/s1. The lowest BCUT2D eigenvalue weighted by molar-refractivity contribution is -0.115. The number of imidazole rings is 1. The van der Waals surface area contributed by atoms with Crippen LogP contribution in [-0.2, 0) is 11.8 Å². The van der Waals surface area contributed by atoms with Crippen LogP contribution >= 0.6 is 11.8 Å². The van der Waals surface area contributed by atoms with Gasteiger partial charge in [-0.05, 0) is 30.9 Å². The molecule has 0 radical (unpaired) electrons. The minimum absolute atomic E-state index is 0.00348. The number of carbonyl (C=O) groups is 1. The summed E-state index contributed by atoms with van der Waals surface area (Å²) in [6, 6.07) is 8.03. The maximum absolute atomic E-state index is 12.4. The van der Waals surface area contributed by atoms with E-state index in [1.165, 1.54) is 17.3 Å². The first kappa shape index (κ1) is 16.6. The fourth-order valence-electron chi connectivity index (χ4n) is 2.17. The van der Waals surface area contributed by atoms with Gasteiger partial charge in [0.15, 0.2) is 5.16 Å². The molecule has 0 unspecified atom stereocenters. The molecule has 0 aliphatic heterocycles. The van der Waals surface area contributed by atoms with Crippen LogP contribution in [0.3, 0.4) is 0 Å². The highest BCUT2D eigenvalue weighted by molar-refractivity contribution is 8.00. The lowest BCUT2D eigenvalue weighted by Gasteiger charge is -2.17. The van der Waals surface area contributed by atoms with Crippen molar-refractivity contribution in [2.75, 3.05) is 5.32 Å². The second-order valence-electron chi connectivity index (χ2n) is 5.47. The van der Waals surface area contributed by atoms with Crippen LogP contribution in [0.2, 0.25) is 0 Å². The van der Waals surface area contributed by atoms with Crippen LogP contribution in [0.4, 0.5) is 5.69 Å². The van der Waals surface area contributed by atoms with Crippen molar-refractivity contribution in [1.29, 1.82) is 0 Å². The molecule has 1 aromatic heterocycles. The van der Waals surface area contributed by atoms with E-state index in [1.807, 2.05) is 42.9 Å². The number of para-hydroxylation sites is 1. The summed E-state index contributed by atoms with van der Waals surface area (Å²) in [5, 5.41) is 3.70. The number of aryl methyl sites for hydroxylation is 1. The van der Waals surface area contributed by atoms with E-state index >= 15 is 0 Å². The number of nitrogens with one attached hydrogen (secondary N) is 1. The van der Waals surface area contributed by atoms with Crippen molar-refractivity contribution in [2.24, 2.45) is 7.05 Å². The van der Waals surface area contributed by atoms with Crippen LogP contribution in [0.25, 0.3) is 0 Å². The van der Waals surface area contributed by atoms with Gasteiger partial charge in [0.2, 0.25) is 5.91 Å². The molecule has 2 aromatic rings. The fourth-order valence-corrected chi connectivity index (χ4v) is 3.00. The van der Waals surface area contributed by atoms with Gasteiger partial charge >= 0.3 is 0 Å². The molecular weight excluding hydrogens is 294 g/mol. The summed E-state index contributed by atoms with van der Waals surface area (Å²) in [5.41, 5.74) is 2.10. The molecule has 0 fully saturated rings. The Morgan fingerprint density at radius 2 is 2.09 bits per heavy atom. The smallest absolute Gasteiger partial charge is 0.237 e. The van der Waals surface area contributed by atoms with Crippen LogP contribution in [-0.4, -0.2) is 20.7 Å². The first-order valence-corrected chi connectivity index (χ1v) is 8.44. The highest BCUT2D eigenvalue weighted by Crippen LogP contribution is 2.28. The van der Waals surface area contributed by atoms with Crippen LogP contribution in [0, 0.1) is 0 Å². The van der Waals surface area contributed by atoms with E-state index in [0.717, 1.165) is 17.3 Å². The predicted octanol–water partition coefficient (Wildman–Crippen LogP) is 4.05. The second kappa shape index (κ2) is 7.49. The Balaban J connectivity index is 2.07. The largest absolute Gasteiger partial charge is 0.329 e. The molecule has 0 bridgehead atoms. The van der Waals surface area contributed by atoms with Gasteiger partial charge < -0.3 is 9.88 Å². The number of amides is 1. The highest BCUT2D eigenvalue weighted by Gasteiger charge is 2.18. The van der Waals surface area contributed by atoms with Crippen molar-refractivity contribution in [2.45, 2.75) is 43.5 Å². The summed E-state index contributed by atoms with van der Waals surface area (Å²) in [6.07, 6.45) is 4.67. The molecule has 0 saturated carbocycles. The van der Waals surface area contributed by atoms with Gasteiger partial charge in [-0.15, -0.1) is 0 Å². The normalized spacial score (nSPS) is 13.6. The zero-order chi connectivity index (χ0) is 16.1. The van der Waals surface area contributed by atoms with Crippen molar-refractivity contribution in [3.8, 4) is 0 Å². The zero-order valence-electron chi connectivity index (χ0n) is 13.5. The van der Waals surface area contributed by atoms with Gasteiger partial charge in [-0.25, -0.2) is 4.98 Å². The Morgan fingerprint density at radius 3 is 2.73 bits per heavy atom. The summed E-state index contributed by atoms with van der Waals surface area (Å²) in [4.78, 5) is 16.7. The molecule has 1 amide bonds. The van der Waals surface area contributed by atoms with Crippen molar-refractivity contribution in [3.05, 3.63) is 42.2 Å². The minimum atomic E-state index is -0.203. The average Bonchev–Trinajstić information content (AvgIpc) is 2.92. The van der Waals surface area contributed by atoms with Crippen LogP contribution in [0.5, 0.6) is 0 Å². The molecule has 0 saturated heterocycles. The topological polar surface area (TPSA) is 46.9 Å². The number of benzene rings is 1. The summed E-state index contributed by atoms with van der Waals surface area (Å²) in [6.45, 7) is 6.24. The van der Waals surface area contributed by atoms with Crippen molar-refractivity contribution < 1.29 is 4.79 Å². The van der Waals surface area contributed by atoms with Gasteiger partial charge in [-0.2, -0.15) is 0 Å². The third-order valence-corrected chi connectivity index (χ3v) is 4.96. The third kappa shape index (κ3) is 3.91. The summed E-state index contributed by atoms with van der Waals surface area (Å²) < 4.78 is 1.92. The molecule has 1 aromatic carbocycles. The van der Waals surface area contributed by atoms with Gasteiger partial charge in [0, 0.05) is 25.1 Å². The Bertz CT molecular complexity index is 638. The van der Waals surface area contributed by atoms with Crippen molar-refractivity contribution in [3.63, 3.8) is 0 Å². The molecule has 1 heterocycles. The minimum Gasteiger partial charge on any atom is -0.329 e. The molecule has 1 N–H and O–H groups in total. The highest BCUT2D eigenvalue weighted by atomic mass is 32.2. The van der Waals surface area contributed by atoms with E-state index in [9.17, 15) is 4.79 Å². The molecule has 22 heavy (non-hydrogen) atoms. The molecule has 4 nitrogen and oxygen atoms in total. The fraction of sp³-hybridized carbons (Fsp3) is 0.412. The van der Waals surface area contributed by atoms with Crippen LogP contribution < -0.4 is 5.32 Å². The number of aromatic nitrogens is 2. The van der Waals surface area contributed by atoms with E-state index < -0.39 is 0 Å². The first-order valence-electron chi connectivity index (χ1n) is 7.56. The first-order chi connectivity index (χ1) is 10.5. The van der Waals surface area contributed by atoms with Gasteiger partial charge in [0.25, 0.3) is 0 Å². The van der Waals surface area contributed by atoms with Gasteiger partial charge in [0.05, 0.1) is 5.25 Å². The maximum Gasteiger partial charge on any atom is 0.237 e. The molecule has 2 rings (SSSR count). The lowest BCUT2D eigenvalue weighted by atomic mass is 9.97. The van der Waals surface area contributed by atoms with Gasteiger partial charge in [-0.1, -0.05) is 43.8 Å². The molecule has 0 spiro atoms. The van der Waals surface area contributed by atoms with E-state index in [4.69, 9.17) is 0 Å². The van der Waals surface area contributed by atoms with Crippen LogP contribution in [0.1, 0.15) is 38.7 Å². The number of hydrogen-bond acceptors (Lipinski definition) is 3. The van der Waals surface area contributed by atoms with E-state index in [-0.39, 0.29) is 11.2 Å². The SMILES string of the molecule is CC[C@H](C)c1ccccc1NC(=O)[C@H](C)Sc1nccn1C. The summed E-state index contributed by atoms with van der Waals surface area (Å²) in [7, 11) is 1.93. The Kier molecular flexibility index (Phi) is 5.66. The Labute approximate surface area is 136 Å². The number of anilines is 1. The Hall–Kier alpha value is -1.75. The van der Waals surface area contributed by atoms with Gasteiger partial charge in [-0.3, -0.25) is 4.79 Å². The van der Waals surface area contributed by atoms with E-state index in [1.54, 1.807) is 6.20 Å². The van der Waals surface area contributed by atoms with Crippen LogP contribution in [0.15, 0.2) is 41.8 Å². The average molecular weight is 317 g/mol. The lowest BCUT2D eigenvalue weighted by Crippen LogP contribution is -2.23. The number of nitrogens with zero attached hydrogens (tertiary/aromatic N) is 2. The Morgan fingerprint density at radius 1 is 1.36 bits per heavy atom. The molecule has 5 heteroatoms. The van der Waals surface area contributed by atoms with E-state index in [2.05, 4.69) is 30.2 Å². The van der Waals surface area contributed by atoms with Gasteiger partial charge in [0.1, 0.15) is 0 Å². The molecule has 0 aliphatic rings. The molecule has 0 aliphatic carbocycles. The number of thioether (sulfide) groups is 1. The number of rotatable bonds is 6. The maximum atomic E-state index is 12.4. The molecular formula is C17H23N3OS. The predicted molar refractivity (Wildman–Crippen MR) is 92.3 cm³/mol. The van der Waals surface area contributed by atoms with E-state index in [0.29, 0.717) is 5.92 Å². The molecule has 2 atom stereocenters. The zero-order valence-corrected chi connectivity index (χ0v) is 14.4. The van der Waals surface area contributed by atoms with Crippen molar-refractivity contribution in [1.82, 2.24) is 9.55 Å². The summed E-state index contributed by atoms with van der Waals surface area (Å²) >= 11 is 1.46. The monoisotopic (exact) mass is 317 g/mol. The third-order valence-electron chi connectivity index (χ3n) is 3.79. The summed E-state index contributed by atoms with van der Waals surface area (Å²) in [5.74, 6) is 0.428. The second-order valence-corrected chi connectivity index (χ2v) is 6.77. The quantitative estimate of drug-likeness (QED) is 0.818. The number of carbonyl (C=O) groups excluding carboxylic acids is 1. The number of hydrogen-bond donors (Lipinski definition) is 1. The molecule has 118 valence electrons.